The van der Waals surface area contributed by atoms with E-state index in [0.29, 0.717) is 0 Å². The molecule has 2 aromatic rings. The first-order chi connectivity index (χ1) is 10.3. The van der Waals surface area contributed by atoms with Gasteiger partial charge in [-0.2, -0.15) is 0 Å². The maximum Gasteiger partial charge on any atom is 0.408 e. The third-order valence-corrected chi connectivity index (χ3v) is 3.07. The van der Waals surface area contributed by atoms with Crippen LogP contribution in [0.4, 0.5) is 4.79 Å². The number of benzene rings is 1. The third kappa shape index (κ3) is 4.00. The van der Waals surface area contributed by atoms with Crippen molar-refractivity contribution in [2.75, 3.05) is 0 Å². The van der Waals surface area contributed by atoms with Gasteiger partial charge in [-0.15, -0.1) is 0 Å². The molecule has 1 aromatic carbocycles. The van der Waals surface area contributed by atoms with Crippen molar-refractivity contribution in [2.24, 2.45) is 0 Å². The lowest BCUT2D eigenvalue weighted by atomic mass is 10.0. The highest BCUT2D eigenvalue weighted by Gasteiger charge is 2.24. The maximum absolute atomic E-state index is 11.9. The number of para-hydroxylation sites is 1. The molecule has 22 heavy (non-hydrogen) atoms. The fraction of sp³-hybridized carbons (Fsp3) is 0.375. The molecule has 1 atom stereocenters. The lowest BCUT2D eigenvalue weighted by Gasteiger charge is -2.23. The third-order valence-electron chi connectivity index (χ3n) is 3.07. The Morgan fingerprint density at radius 2 is 2.00 bits per heavy atom. The van der Waals surface area contributed by atoms with E-state index in [-0.39, 0.29) is 6.42 Å². The van der Waals surface area contributed by atoms with Gasteiger partial charge in [-0.05, 0) is 26.8 Å². The first kappa shape index (κ1) is 15.9. The number of fused-ring (bicyclic) bond motifs is 1. The molecule has 0 aliphatic carbocycles. The molecule has 0 saturated heterocycles. The summed E-state index contributed by atoms with van der Waals surface area (Å²) in [6.45, 7) is 5.26. The van der Waals surface area contributed by atoms with Gasteiger partial charge in [0.2, 0.25) is 0 Å². The minimum absolute atomic E-state index is 0.221. The van der Waals surface area contributed by atoms with Crippen LogP contribution in [0.3, 0.4) is 0 Å². The Labute approximate surface area is 128 Å². The predicted molar refractivity (Wildman–Crippen MR) is 82.7 cm³/mol. The molecule has 1 heterocycles. The molecule has 1 aromatic heterocycles. The summed E-state index contributed by atoms with van der Waals surface area (Å²) in [7, 11) is 0. The van der Waals surface area contributed by atoms with Gasteiger partial charge in [-0.25, -0.2) is 4.79 Å². The zero-order chi connectivity index (χ0) is 16.3. The van der Waals surface area contributed by atoms with Crippen molar-refractivity contribution < 1.29 is 19.4 Å². The zero-order valence-electron chi connectivity index (χ0n) is 12.8. The van der Waals surface area contributed by atoms with E-state index in [2.05, 4.69) is 10.3 Å². The van der Waals surface area contributed by atoms with E-state index in [4.69, 9.17) is 9.84 Å². The lowest BCUT2D eigenvalue weighted by molar-refractivity contribution is -0.137. The average molecular weight is 304 g/mol. The zero-order valence-corrected chi connectivity index (χ0v) is 12.8. The molecule has 118 valence electrons. The van der Waals surface area contributed by atoms with Gasteiger partial charge in [-0.3, -0.25) is 4.79 Å². The molecular formula is C16H20N2O4. The summed E-state index contributed by atoms with van der Waals surface area (Å²) in [6.07, 6.45) is 0.862. The number of hydrogen-bond acceptors (Lipinski definition) is 3. The first-order valence-corrected chi connectivity index (χ1v) is 7.03. The minimum atomic E-state index is -0.994. The molecule has 0 fully saturated rings. The van der Waals surface area contributed by atoms with Crippen LogP contribution in [-0.2, 0) is 9.53 Å². The Morgan fingerprint density at radius 3 is 2.64 bits per heavy atom. The van der Waals surface area contributed by atoms with Crippen molar-refractivity contribution in [3.8, 4) is 0 Å². The number of H-pyrrole nitrogens is 1. The summed E-state index contributed by atoms with van der Waals surface area (Å²) in [6, 6.07) is 6.86. The van der Waals surface area contributed by atoms with Crippen molar-refractivity contribution in [1.82, 2.24) is 10.3 Å². The number of alkyl carbamates (subject to hydrolysis) is 1. The standard InChI is InChI=1S/C16H20N2O4/c1-16(2,3)22-15(21)18-13(8-14(19)20)11-9-17-12-7-5-4-6-10(11)12/h4-7,9,13,17H,8H2,1-3H3,(H,18,21)(H,19,20)/t13-/m1/s1. The Bertz CT molecular complexity index is 685. The highest BCUT2D eigenvalue weighted by molar-refractivity contribution is 5.85. The van der Waals surface area contributed by atoms with Crippen LogP contribution in [0.1, 0.15) is 38.8 Å². The van der Waals surface area contributed by atoms with Crippen LogP contribution in [0.2, 0.25) is 0 Å². The number of carbonyl (C=O) groups excluding carboxylic acids is 1. The molecule has 0 aliphatic rings. The van der Waals surface area contributed by atoms with Crippen LogP contribution < -0.4 is 5.32 Å². The fourth-order valence-corrected chi connectivity index (χ4v) is 2.25. The highest BCUT2D eigenvalue weighted by Crippen LogP contribution is 2.26. The smallest absolute Gasteiger partial charge is 0.408 e. The predicted octanol–water partition coefficient (Wildman–Crippen LogP) is 3.21. The highest BCUT2D eigenvalue weighted by atomic mass is 16.6. The van der Waals surface area contributed by atoms with Crippen LogP contribution in [0.5, 0.6) is 0 Å². The van der Waals surface area contributed by atoms with E-state index in [1.54, 1.807) is 27.0 Å². The van der Waals surface area contributed by atoms with Gasteiger partial charge >= 0.3 is 12.1 Å². The van der Waals surface area contributed by atoms with Crippen LogP contribution in [0.25, 0.3) is 10.9 Å². The Morgan fingerprint density at radius 1 is 1.32 bits per heavy atom. The van der Waals surface area contributed by atoms with E-state index >= 15 is 0 Å². The molecule has 6 heteroatoms. The van der Waals surface area contributed by atoms with E-state index in [0.717, 1.165) is 16.5 Å². The van der Waals surface area contributed by atoms with E-state index in [9.17, 15) is 9.59 Å². The number of aromatic amines is 1. The molecule has 0 aliphatic heterocycles. The molecule has 0 bridgehead atoms. The summed E-state index contributed by atoms with van der Waals surface area (Å²) < 4.78 is 5.21. The van der Waals surface area contributed by atoms with Gasteiger partial charge in [0.25, 0.3) is 0 Å². The fourth-order valence-electron chi connectivity index (χ4n) is 2.25. The van der Waals surface area contributed by atoms with E-state index in [1.807, 2.05) is 24.3 Å². The number of carboxylic acid groups (broad SMARTS) is 1. The van der Waals surface area contributed by atoms with Crippen LogP contribution in [0.15, 0.2) is 30.5 Å². The summed E-state index contributed by atoms with van der Waals surface area (Å²) >= 11 is 0. The second kappa shape index (κ2) is 6.09. The van der Waals surface area contributed by atoms with Crippen molar-refractivity contribution in [3.05, 3.63) is 36.0 Å². The molecule has 0 radical (unpaired) electrons. The number of amides is 1. The molecule has 0 spiro atoms. The van der Waals surface area contributed by atoms with Gasteiger partial charge in [0.15, 0.2) is 0 Å². The first-order valence-electron chi connectivity index (χ1n) is 7.03. The van der Waals surface area contributed by atoms with Crippen molar-refractivity contribution >= 4 is 23.0 Å². The van der Waals surface area contributed by atoms with Gasteiger partial charge in [0, 0.05) is 22.7 Å². The number of hydrogen-bond donors (Lipinski definition) is 3. The topological polar surface area (TPSA) is 91.4 Å². The van der Waals surface area contributed by atoms with Gasteiger partial charge in [0.05, 0.1) is 12.5 Å². The van der Waals surface area contributed by atoms with Crippen LogP contribution >= 0.6 is 0 Å². The van der Waals surface area contributed by atoms with E-state index < -0.39 is 23.7 Å². The number of aromatic nitrogens is 1. The Hall–Kier alpha value is -2.50. The quantitative estimate of drug-likeness (QED) is 0.808. The Kier molecular flexibility index (Phi) is 4.40. The molecule has 3 N–H and O–H groups in total. The van der Waals surface area contributed by atoms with Crippen LogP contribution in [-0.4, -0.2) is 27.8 Å². The summed E-state index contributed by atoms with van der Waals surface area (Å²) in [5, 5.41) is 12.6. The number of nitrogens with one attached hydrogen (secondary N) is 2. The molecule has 2 rings (SSSR count). The maximum atomic E-state index is 11.9. The average Bonchev–Trinajstić information content (AvgIpc) is 2.78. The number of rotatable bonds is 4. The minimum Gasteiger partial charge on any atom is -0.481 e. The molecule has 0 unspecified atom stereocenters. The van der Waals surface area contributed by atoms with Crippen LogP contribution in [0, 0.1) is 0 Å². The summed E-state index contributed by atoms with van der Waals surface area (Å²) in [5.74, 6) is -0.994. The summed E-state index contributed by atoms with van der Waals surface area (Å²) in [5.41, 5.74) is 0.973. The molecule has 6 nitrogen and oxygen atoms in total. The normalized spacial score (nSPS) is 12.9. The van der Waals surface area contributed by atoms with Crippen molar-refractivity contribution in [2.45, 2.75) is 38.8 Å². The monoisotopic (exact) mass is 304 g/mol. The van der Waals surface area contributed by atoms with Gasteiger partial charge in [0.1, 0.15) is 5.60 Å². The van der Waals surface area contributed by atoms with Crippen molar-refractivity contribution in [1.29, 1.82) is 0 Å². The van der Waals surface area contributed by atoms with Gasteiger partial charge in [-0.1, -0.05) is 18.2 Å². The second-order valence-corrected chi connectivity index (χ2v) is 6.09. The molecule has 0 saturated carbocycles. The SMILES string of the molecule is CC(C)(C)OC(=O)N[C@H](CC(=O)O)c1c[nH]c2ccccc12. The lowest BCUT2D eigenvalue weighted by Crippen LogP contribution is -2.35. The largest absolute Gasteiger partial charge is 0.481 e. The van der Waals surface area contributed by atoms with Gasteiger partial charge < -0.3 is 20.1 Å². The molecular weight excluding hydrogens is 284 g/mol. The Balaban J connectivity index is 2.26. The number of ether oxygens (including phenoxy) is 1. The van der Waals surface area contributed by atoms with E-state index in [1.165, 1.54) is 0 Å². The summed E-state index contributed by atoms with van der Waals surface area (Å²) in [4.78, 5) is 26.1. The van der Waals surface area contributed by atoms with Crippen molar-refractivity contribution in [3.63, 3.8) is 0 Å². The number of carbonyl (C=O) groups is 2. The number of carboxylic acids is 1. The number of aliphatic carboxylic acids is 1. The second-order valence-electron chi connectivity index (χ2n) is 6.09. The molecule has 1 amide bonds.